The average molecular weight is 664 g/mol. The Morgan fingerprint density at radius 3 is 2.48 bits per heavy atom. The Kier molecular flexibility index (Phi) is 10.6. The molecule has 4 rings (SSSR count). The Morgan fingerprint density at radius 1 is 1.18 bits per heavy atom. The summed E-state index contributed by atoms with van der Waals surface area (Å²) in [5, 5.41) is 33.8. The first-order valence-electron chi connectivity index (χ1n) is 12.9. The molecule has 5 unspecified atom stereocenters. The van der Waals surface area contributed by atoms with Crippen molar-refractivity contribution < 1.29 is 67.2 Å². The highest BCUT2D eigenvalue weighted by molar-refractivity contribution is 7.52. The maximum atomic E-state index is 12.7. The molecule has 2 aliphatic rings. The smallest absolute Gasteiger partial charge is 0.351 e. The van der Waals surface area contributed by atoms with E-state index in [-0.39, 0.29) is 11.6 Å². The molecule has 7 N–H and O–H groups in total. The van der Waals surface area contributed by atoms with E-state index in [9.17, 15) is 48.7 Å². The highest BCUT2D eigenvalue weighted by Crippen LogP contribution is 2.52. The van der Waals surface area contributed by atoms with Crippen molar-refractivity contribution in [3.8, 4) is 5.75 Å². The molecule has 0 saturated carbocycles. The molecule has 1 amide bonds. The Hall–Kier alpha value is -2.77. The van der Waals surface area contributed by atoms with Gasteiger partial charge in [0.2, 0.25) is 12.2 Å². The van der Waals surface area contributed by atoms with E-state index < -0.39 is 95.0 Å². The Balaban J connectivity index is 1.47. The number of phosphoric acid groups is 1. The van der Waals surface area contributed by atoms with E-state index in [1.165, 1.54) is 18.2 Å². The molecule has 2 saturated heterocycles. The fourth-order valence-corrected chi connectivity index (χ4v) is 6.80. The molecular weight excluding hydrogens is 634 g/mol. The van der Waals surface area contributed by atoms with Crippen LogP contribution in [0.1, 0.15) is 19.6 Å². The number of nitrogens with one attached hydrogen (secondary N) is 1. The normalized spacial score (nSPS) is 32.2. The number of para-hydroxylation sites is 1. The zero-order valence-electron chi connectivity index (χ0n) is 22.8. The number of phosphoric ester groups is 1. The molecule has 0 bridgehead atoms. The number of hydrogen-bond donors (Lipinski definition) is 6. The Labute approximate surface area is 248 Å². The summed E-state index contributed by atoms with van der Waals surface area (Å²) in [4.78, 5) is 62.1. The van der Waals surface area contributed by atoms with Crippen LogP contribution in [-0.2, 0) is 32.4 Å². The van der Waals surface area contributed by atoms with Gasteiger partial charge in [-0.1, -0.05) is 18.2 Å². The Morgan fingerprint density at radius 2 is 1.86 bits per heavy atom. The first-order valence-corrected chi connectivity index (χ1v) is 16.0. The highest BCUT2D eigenvalue weighted by atomic mass is 31.2. The molecule has 11 atom stereocenters. The lowest BCUT2D eigenvalue weighted by atomic mass is 10.00. The molecular formula is C23H30N4O15P2-2. The molecule has 44 heavy (non-hydrogen) atoms. The lowest BCUT2D eigenvalue weighted by Gasteiger charge is -2.44. The number of nitrogens with zero attached hydrogens (tertiary/aromatic N) is 2. The van der Waals surface area contributed by atoms with Gasteiger partial charge in [0.15, 0.2) is 19.7 Å². The highest BCUT2D eigenvalue weighted by Gasteiger charge is 2.48. The summed E-state index contributed by atoms with van der Waals surface area (Å²) < 4.78 is 51.7. The number of carbonyl (C=O) groups is 1. The van der Waals surface area contributed by atoms with Gasteiger partial charge in [-0.2, -0.15) is 4.98 Å². The molecule has 2 aromatic rings. The molecule has 19 nitrogen and oxygen atoms in total. The minimum atomic E-state index is -5.73. The number of nitrogens with two attached hydrogens (primary N) is 1. The summed E-state index contributed by atoms with van der Waals surface area (Å²) in [6.45, 7) is 0.110. The van der Waals surface area contributed by atoms with Gasteiger partial charge < -0.3 is 68.9 Å². The van der Waals surface area contributed by atoms with Crippen LogP contribution in [0.25, 0.3) is 0 Å². The van der Waals surface area contributed by atoms with Crippen molar-refractivity contribution in [1.82, 2.24) is 14.9 Å². The topological polar surface area (TPSA) is 297 Å². The van der Waals surface area contributed by atoms with Gasteiger partial charge in [-0.15, -0.1) is 0 Å². The van der Waals surface area contributed by atoms with Gasteiger partial charge in [0.1, 0.15) is 35.9 Å². The molecule has 21 heteroatoms. The molecule has 2 aliphatic heterocycles. The van der Waals surface area contributed by atoms with Gasteiger partial charge in [0, 0.05) is 19.5 Å². The maximum absolute atomic E-state index is 12.7. The summed E-state index contributed by atoms with van der Waals surface area (Å²) in [5.74, 6) is -3.21. The van der Waals surface area contributed by atoms with Crippen LogP contribution in [0, 0.1) is 0 Å². The lowest BCUT2D eigenvalue weighted by molar-refractivity contribution is -0.256. The van der Waals surface area contributed by atoms with Crippen LogP contribution in [0.15, 0.2) is 47.4 Å². The third kappa shape index (κ3) is 8.28. The van der Waals surface area contributed by atoms with Crippen molar-refractivity contribution in [2.75, 3.05) is 12.3 Å². The predicted octanol–water partition coefficient (Wildman–Crippen LogP) is -3.12. The second kappa shape index (κ2) is 13.7. The van der Waals surface area contributed by atoms with E-state index in [0.717, 1.165) is 17.7 Å². The van der Waals surface area contributed by atoms with Crippen LogP contribution in [0.3, 0.4) is 0 Å². The maximum Gasteiger partial charge on any atom is 0.351 e. The summed E-state index contributed by atoms with van der Waals surface area (Å²) in [6, 6.07) is 7.79. The summed E-state index contributed by atoms with van der Waals surface area (Å²) in [6.07, 6.45) is -11.2. The van der Waals surface area contributed by atoms with E-state index >= 15 is 0 Å². The zero-order valence-corrected chi connectivity index (χ0v) is 24.6. The second-order valence-corrected chi connectivity index (χ2v) is 12.9. The van der Waals surface area contributed by atoms with Crippen LogP contribution in [0.4, 0.5) is 5.82 Å². The van der Waals surface area contributed by atoms with Crippen molar-refractivity contribution in [2.24, 2.45) is 0 Å². The number of benzene rings is 1. The van der Waals surface area contributed by atoms with Gasteiger partial charge in [-0.05, 0) is 18.2 Å². The lowest BCUT2D eigenvalue weighted by Crippen LogP contribution is -2.60. The third-order valence-electron chi connectivity index (χ3n) is 6.59. The van der Waals surface area contributed by atoms with Gasteiger partial charge >= 0.3 is 5.69 Å². The van der Waals surface area contributed by atoms with Gasteiger partial charge in [0.25, 0.3) is 7.82 Å². The van der Waals surface area contributed by atoms with E-state index in [2.05, 4.69) is 19.3 Å². The van der Waals surface area contributed by atoms with E-state index in [1.807, 2.05) is 0 Å². The summed E-state index contributed by atoms with van der Waals surface area (Å²) >= 11 is 0. The van der Waals surface area contributed by atoms with Gasteiger partial charge in [-0.25, -0.2) is 4.79 Å². The first kappa shape index (κ1) is 34.1. The van der Waals surface area contributed by atoms with Crippen molar-refractivity contribution in [3.05, 3.63) is 53.1 Å². The molecule has 3 heterocycles. The van der Waals surface area contributed by atoms with Gasteiger partial charge in [-0.3, -0.25) is 13.9 Å². The number of amides is 1. The number of ether oxygens (including phenoxy) is 3. The second-order valence-electron chi connectivity index (χ2n) is 9.89. The van der Waals surface area contributed by atoms with E-state index in [0.29, 0.717) is 0 Å². The number of nitrogen functional groups attached to an aromatic ring is 1. The molecule has 1 aromatic carbocycles. The quantitative estimate of drug-likeness (QED) is 0.129. The fraction of sp³-hybridized carbons (Fsp3) is 0.522. The third-order valence-corrected chi connectivity index (χ3v) is 8.79. The number of aromatic nitrogens is 2. The van der Waals surface area contributed by atoms with Crippen molar-refractivity contribution in [2.45, 2.75) is 68.3 Å². The minimum Gasteiger partial charge on any atom is -0.777 e. The number of aliphatic hydroxyl groups excluding tert-OH is 3. The number of hydrogen-bond acceptors (Lipinski definition) is 16. The van der Waals surface area contributed by atoms with Crippen LogP contribution < -0.4 is 31.3 Å². The number of anilines is 1. The summed E-state index contributed by atoms with van der Waals surface area (Å²) in [5.41, 5.74) is 4.49. The molecule has 1 aromatic heterocycles. The van der Waals surface area contributed by atoms with E-state index in [1.54, 1.807) is 18.2 Å². The zero-order chi connectivity index (χ0) is 32.4. The van der Waals surface area contributed by atoms with Crippen LogP contribution in [0.5, 0.6) is 5.75 Å². The molecule has 2 fully saturated rings. The van der Waals surface area contributed by atoms with Crippen molar-refractivity contribution >= 4 is 27.1 Å². The number of rotatable bonds is 11. The van der Waals surface area contributed by atoms with E-state index in [4.69, 9.17) is 19.9 Å². The largest absolute Gasteiger partial charge is 0.777 e. The van der Waals surface area contributed by atoms with Crippen molar-refractivity contribution in [3.63, 3.8) is 0 Å². The molecule has 244 valence electrons. The first-order chi connectivity index (χ1) is 20.6. The van der Waals surface area contributed by atoms with Crippen LogP contribution in [0.2, 0.25) is 0 Å². The number of carbonyl (C=O) groups excluding carboxylic acids is 1. The minimum absolute atomic E-state index is 0.129. The van der Waals surface area contributed by atoms with Crippen LogP contribution >= 0.6 is 15.4 Å². The molecule has 0 radical (unpaired) electrons. The fourth-order valence-electron chi connectivity index (χ4n) is 4.58. The Bertz CT molecular complexity index is 1460. The van der Waals surface area contributed by atoms with Gasteiger partial charge in [0.05, 0.1) is 18.8 Å². The SMILES string of the molecule is CC(=O)N[C@H]1C(Oc2ccccc2)O[C@@H](C(OP(=O)([O-])OC[C@H]2O[C@@H](n3ccc(N)nc3=O)C(O)[C@H]2O)P(=O)([O-])O)C[C@@H]1O. The average Bonchev–Trinajstić information content (AvgIpc) is 3.21. The number of aliphatic hydroxyl groups is 3. The monoisotopic (exact) mass is 664 g/mol. The standard InChI is InChI=1S/C23H32N4O15P2/c1-11(28)25-17-13(29)9-14(41-21(17)39-12-5-3-2-4-6-12)22(43(33,34)35)42-44(36,37)38-10-15-18(30)19(31)20(40-15)27-8-7-16(24)26-23(27)32/h2-8,13-15,17-22,29-31H,9-10H2,1H3,(H,25,28)(H,36,37)(H2,24,26,32)(H2,33,34,35)/p-2/t13-,14+,15+,17+,18-,19?,20+,21?,22?/m0/s1. The van der Waals surface area contributed by atoms with Crippen molar-refractivity contribution in [1.29, 1.82) is 0 Å². The van der Waals surface area contributed by atoms with Crippen LogP contribution in [-0.4, -0.2) is 91.0 Å². The molecule has 0 aliphatic carbocycles. The predicted molar refractivity (Wildman–Crippen MR) is 141 cm³/mol. The molecule has 0 spiro atoms. The summed E-state index contributed by atoms with van der Waals surface area (Å²) in [7, 11) is -11.4.